The van der Waals surface area contributed by atoms with Gasteiger partial charge in [0.25, 0.3) is 0 Å². The smallest absolute Gasteiger partial charge is 0.306 e. The third kappa shape index (κ3) is 7.54. The van der Waals surface area contributed by atoms with Crippen molar-refractivity contribution in [2.45, 2.75) is 109 Å². The van der Waals surface area contributed by atoms with E-state index in [0.717, 1.165) is 49.5 Å². The molecule has 1 aromatic carbocycles. The molecule has 5 atom stereocenters. The zero-order valence-corrected chi connectivity index (χ0v) is 27.4. The van der Waals surface area contributed by atoms with Crippen molar-refractivity contribution in [1.82, 2.24) is 15.3 Å². The number of hydrogen-bond donors (Lipinski definition) is 3. The fourth-order valence-electron chi connectivity index (χ4n) is 9.08. The van der Waals surface area contributed by atoms with E-state index in [-0.39, 0.29) is 11.4 Å². The van der Waals surface area contributed by atoms with Crippen LogP contribution in [-0.4, -0.2) is 47.3 Å². The molecule has 3 N–H and O–H groups in total. The van der Waals surface area contributed by atoms with E-state index in [2.05, 4.69) is 27.0 Å². The van der Waals surface area contributed by atoms with Crippen LogP contribution < -0.4 is 20.7 Å². The number of nitrogens with one attached hydrogen (secondary N) is 3. The van der Waals surface area contributed by atoms with Gasteiger partial charge in [0, 0.05) is 37.2 Å². The monoisotopic (exact) mass is 614 g/mol. The molecular formula is C36H50N6O3. The number of hydrogen-bond acceptors (Lipinski definition) is 9. The average Bonchev–Trinajstić information content (AvgIpc) is 3.00. The number of anilines is 2. The van der Waals surface area contributed by atoms with Gasteiger partial charge in [0.2, 0.25) is 5.95 Å². The lowest BCUT2D eigenvalue weighted by atomic mass is 9.47. The van der Waals surface area contributed by atoms with Gasteiger partial charge in [-0.05, 0) is 114 Å². The molecule has 0 amide bonds. The van der Waals surface area contributed by atoms with Gasteiger partial charge in [-0.2, -0.15) is 10.2 Å². The van der Waals surface area contributed by atoms with Gasteiger partial charge in [-0.25, -0.2) is 4.98 Å². The van der Waals surface area contributed by atoms with Crippen molar-refractivity contribution in [2.24, 2.45) is 29.1 Å². The number of para-hydroxylation sites is 1. The van der Waals surface area contributed by atoms with Gasteiger partial charge in [-0.3, -0.25) is 4.79 Å². The molecule has 1 heterocycles. The van der Waals surface area contributed by atoms with Crippen molar-refractivity contribution < 1.29 is 14.3 Å². The zero-order valence-electron chi connectivity index (χ0n) is 27.4. The molecule has 45 heavy (non-hydrogen) atoms. The Morgan fingerprint density at radius 3 is 2.49 bits per heavy atom. The first-order valence-electron chi connectivity index (χ1n) is 17.0. The van der Waals surface area contributed by atoms with E-state index >= 15 is 0 Å². The molecule has 2 aromatic rings. The van der Waals surface area contributed by atoms with Crippen LogP contribution >= 0.6 is 0 Å². The highest BCUT2D eigenvalue weighted by atomic mass is 16.6. The minimum absolute atomic E-state index is 0.0527. The van der Waals surface area contributed by atoms with Crippen molar-refractivity contribution in [3.05, 3.63) is 41.6 Å². The van der Waals surface area contributed by atoms with Crippen molar-refractivity contribution in [2.75, 3.05) is 24.3 Å². The van der Waals surface area contributed by atoms with E-state index in [1.807, 2.05) is 45.0 Å². The quantitative estimate of drug-likeness (QED) is 0.245. The number of nitrogens with zero attached hydrogens (tertiary/aromatic N) is 3. The van der Waals surface area contributed by atoms with Crippen LogP contribution in [0.15, 0.2) is 30.5 Å². The summed E-state index contributed by atoms with van der Waals surface area (Å²) in [5, 5.41) is 20.9. The first-order chi connectivity index (χ1) is 21.6. The van der Waals surface area contributed by atoms with Crippen LogP contribution in [0.3, 0.4) is 0 Å². The van der Waals surface area contributed by atoms with Crippen LogP contribution in [0, 0.1) is 40.4 Å². The van der Waals surface area contributed by atoms with Crippen molar-refractivity contribution in [3.63, 3.8) is 0 Å². The second-order valence-corrected chi connectivity index (χ2v) is 15.3. The Hall–Kier alpha value is -3.38. The molecule has 9 nitrogen and oxygen atoms in total. The predicted octanol–water partition coefficient (Wildman–Crippen LogP) is 6.46. The number of aromatic nitrogens is 2. The number of benzene rings is 1. The summed E-state index contributed by atoms with van der Waals surface area (Å²) in [4.78, 5) is 21.5. The van der Waals surface area contributed by atoms with Gasteiger partial charge in [-0.15, -0.1) is 0 Å². The van der Waals surface area contributed by atoms with Crippen LogP contribution in [0.25, 0.3) is 0 Å². The first-order valence-corrected chi connectivity index (χ1v) is 17.0. The number of nitriles is 1. The Labute approximate surface area is 268 Å². The summed E-state index contributed by atoms with van der Waals surface area (Å²) in [6, 6.07) is 11.3. The molecule has 0 saturated heterocycles. The number of ether oxygens (including phenoxy) is 2. The summed E-state index contributed by atoms with van der Waals surface area (Å²) in [5.74, 6) is 4.53. The predicted molar refractivity (Wildman–Crippen MR) is 175 cm³/mol. The molecule has 4 bridgehead atoms. The summed E-state index contributed by atoms with van der Waals surface area (Å²) in [5.41, 5.74) is 1.34. The number of rotatable bonds is 11. The minimum Gasteiger partial charge on any atom is -0.496 e. The van der Waals surface area contributed by atoms with Crippen LogP contribution in [-0.2, 0) is 16.1 Å². The summed E-state index contributed by atoms with van der Waals surface area (Å²) in [6.07, 6.45) is 13.1. The molecule has 5 aliphatic carbocycles. The normalized spacial score (nSPS) is 30.4. The molecule has 3 unspecified atom stereocenters. The van der Waals surface area contributed by atoms with Crippen LogP contribution in [0.1, 0.15) is 96.1 Å². The summed E-state index contributed by atoms with van der Waals surface area (Å²) in [6.45, 7) is 7.20. The number of carbonyl (C=O) groups is 1. The van der Waals surface area contributed by atoms with Crippen molar-refractivity contribution in [1.29, 1.82) is 5.26 Å². The van der Waals surface area contributed by atoms with E-state index in [1.165, 1.54) is 32.1 Å². The van der Waals surface area contributed by atoms with Gasteiger partial charge in [0.1, 0.15) is 28.8 Å². The number of carbonyl (C=O) groups excluding carboxylic acids is 1. The van der Waals surface area contributed by atoms with Gasteiger partial charge >= 0.3 is 5.97 Å². The Balaban J connectivity index is 1.03. The maximum atomic E-state index is 12.4. The van der Waals surface area contributed by atoms with E-state index in [1.54, 1.807) is 13.3 Å². The van der Waals surface area contributed by atoms with Crippen LogP contribution in [0.4, 0.5) is 11.8 Å². The van der Waals surface area contributed by atoms with Crippen molar-refractivity contribution in [3.8, 4) is 11.8 Å². The minimum atomic E-state index is -0.410. The standard InChI is InChI=1S/C36H50N6O3/c1-35(2,3)45-31(43)15-23-9-11-29(12-10-23)41-32-26-13-24-14-27(32)18-36(16-24,17-26)22-40-33-28(19-37)21-39-34(42-33)38-20-25-7-5-6-8-30(25)44-4/h5-8,21,23-24,26-27,29,32,41H,9-18,20,22H2,1-4H3,(H2,38,39,40,42)/t23?,24?,26-,27+,29?,32?,36?. The fraction of sp³-hybridized carbons (Fsp3) is 0.667. The van der Waals surface area contributed by atoms with Crippen LogP contribution in [0.5, 0.6) is 5.75 Å². The molecule has 5 fully saturated rings. The first kappa shape index (κ1) is 31.6. The Bertz CT molecular complexity index is 1380. The second kappa shape index (κ2) is 13.2. The molecule has 7 rings (SSSR count). The molecule has 0 radical (unpaired) electrons. The fourth-order valence-corrected chi connectivity index (χ4v) is 9.08. The Morgan fingerprint density at radius 2 is 1.80 bits per heavy atom. The molecule has 5 aliphatic rings. The molecule has 5 saturated carbocycles. The number of esters is 1. The van der Waals surface area contributed by atoms with Gasteiger partial charge in [0.15, 0.2) is 0 Å². The Kier molecular flexibility index (Phi) is 9.24. The van der Waals surface area contributed by atoms with Crippen molar-refractivity contribution >= 4 is 17.7 Å². The second-order valence-electron chi connectivity index (χ2n) is 15.3. The van der Waals surface area contributed by atoms with E-state index in [9.17, 15) is 10.1 Å². The molecule has 0 spiro atoms. The Morgan fingerprint density at radius 1 is 1.07 bits per heavy atom. The lowest BCUT2D eigenvalue weighted by molar-refractivity contribution is -0.156. The average molecular weight is 615 g/mol. The van der Waals surface area contributed by atoms with Crippen LogP contribution in [0.2, 0.25) is 0 Å². The zero-order chi connectivity index (χ0) is 31.6. The molecule has 242 valence electrons. The summed E-state index contributed by atoms with van der Waals surface area (Å²) in [7, 11) is 1.67. The maximum absolute atomic E-state index is 12.4. The molecule has 1 aromatic heterocycles. The maximum Gasteiger partial charge on any atom is 0.306 e. The highest BCUT2D eigenvalue weighted by molar-refractivity contribution is 5.70. The number of methoxy groups -OCH3 is 1. The summed E-state index contributed by atoms with van der Waals surface area (Å²) >= 11 is 0. The molecule has 0 aliphatic heterocycles. The highest BCUT2D eigenvalue weighted by Gasteiger charge is 2.55. The largest absolute Gasteiger partial charge is 0.496 e. The third-order valence-electron chi connectivity index (χ3n) is 10.7. The highest BCUT2D eigenvalue weighted by Crippen LogP contribution is 2.60. The topological polar surface area (TPSA) is 121 Å². The van der Waals surface area contributed by atoms with Gasteiger partial charge < -0.3 is 25.4 Å². The van der Waals surface area contributed by atoms with E-state index in [0.29, 0.717) is 60.1 Å². The lowest BCUT2D eigenvalue weighted by Gasteiger charge is -2.61. The van der Waals surface area contributed by atoms with E-state index in [4.69, 9.17) is 14.5 Å². The molecular weight excluding hydrogens is 564 g/mol. The van der Waals surface area contributed by atoms with Gasteiger partial charge in [0.05, 0.1) is 13.3 Å². The molecule has 9 heteroatoms. The van der Waals surface area contributed by atoms with Gasteiger partial charge in [-0.1, -0.05) is 18.2 Å². The summed E-state index contributed by atoms with van der Waals surface area (Å²) < 4.78 is 11.0. The lowest BCUT2D eigenvalue weighted by Crippen LogP contribution is -2.61. The van der Waals surface area contributed by atoms with E-state index < -0.39 is 5.60 Å². The third-order valence-corrected chi connectivity index (χ3v) is 10.7. The SMILES string of the molecule is COc1ccccc1CNc1ncc(C#N)c(NCC23CC4C[C@H](C2)C(NC2CCC(CC(=O)OC(C)(C)C)CC2)[C@@H](C4)C3)n1.